The second-order valence-corrected chi connectivity index (χ2v) is 13.6. The Morgan fingerprint density at radius 1 is 0.792 bits per heavy atom. The van der Waals surface area contributed by atoms with E-state index in [1.54, 1.807) is 0 Å². The average Bonchev–Trinajstić information content (AvgIpc) is 3.36. The molecule has 4 rings (SSSR count). The molecule has 3 aliphatic carbocycles. The number of alkyl halides is 1. The molecular formula is C22H32ClP. The van der Waals surface area contributed by atoms with Crippen molar-refractivity contribution in [3.63, 3.8) is 0 Å². The fourth-order valence-corrected chi connectivity index (χ4v) is 14.0. The summed E-state index contributed by atoms with van der Waals surface area (Å²) in [5.74, 6) is 2.79. The average molecular weight is 363 g/mol. The second-order valence-electron chi connectivity index (χ2n) is 8.38. The summed E-state index contributed by atoms with van der Waals surface area (Å²) in [7, 11) is 0. The maximum Gasteiger partial charge on any atom is 0.0644 e. The Kier molecular flexibility index (Phi) is 5.17. The van der Waals surface area contributed by atoms with Crippen LogP contribution in [0.2, 0.25) is 0 Å². The van der Waals surface area contributed by atoms with Gasteiger partial charge in [-0.3, -0.25) is 0 Å². The summed E-state index contributed by atoms with van der Waals surface area (Å²) < 4.78 is 0.118. The number of halogens is 1. The summed E-state index contributed by atoms with van der Waals surface area (Å²) in [6.07, 6.45) is 16.8. The molecule has 1 aromatic rings. The van der Waals surface area contributed by atoms with Gasteiger partial charge in [0.2, 0.25) is 0 Å². The van der Waals surface area contributed by atoms with Gasteiger partial charge < -0.3 is 0 Å². The van der Waals surface area contributed by atoms with E-state index < -0.39 is 6.89 Å². The van der Waals surface area contributed by atoms with Gasteiger partial charge in [0.15, 0.2) is 0 Å². The van der Waals surface area contributed by atoms with Crippen molar-refractivity contribution < 1.29 is 0 Å². The van der Waals surface area contributed by atoms with E-state index in [9.17, 15) is 0 Å². The molecule has 0 saturated heterocycles. The molecule has 0 heterocycles. The Morgan fingerprint density at radius 3 is 1.79 bits per heavy atom. The molecule has 132 valence electrons. The highest BCUT2D eigenvalue weighted by atomic mass is 35.5. The Labute approximate surface area is 153 Å². The minimum absolute atomic E-state index is 0.118. The summed E-state index contributed by atoms with van der Waals surface area (Å²) >= 11 is 7.62. The molecule has 1 aromatic carbocycles. The lowest BCUT2D eigenvalue weighted by Gasteiger charge is -2.48. The van der Waals surface area contributed by atoms with Crippen LogP contribution in [0.5, 0.6) is 0 Å². The molecule has 0 nitrogen and oxygen atoms in total. The van der Waals surface area contributed by atoms with Crippen LogP contribution in [0.1, 0.15) is 82.6 Å². The van der Waals surface area contributed by atoms with E-state index in [0.717, 1.165) is 11.3 Å². The van der Waals surface area contributed by atoms with Crippen LogP contribution in [0.25, 0.3) is 0 Å². The van der Waals surface area contributed by atoms with E-state index >= 15 is 0 Å². The largest absolute Gasteiger partial charge is 0.114 e. The Balaban J connectivity index is 1.89. The molecule has 24 heavy (non-hydrogen) atoms. The third kappa shape index (κ3) is 2.93. The van der Waals surface area contributed by atoms with Crippen molar-refractivity contribution >= 4 is 24.3 Å². The third-order valence-corrected chi connectivity index (χ3v) is 14.4. The molecule has 0 radical (unpaired) electrons. The first-order chi connectivity index (χ1) is 11.7. The van der Waals surface area contributed by atoms with Crippen molar-refractivity contribution in [1.29, 1.82) is 0 Å². The summed E-state index contributed by atoms with van der Waals surface area (Å²) in [6, 6.07) is 11.2. The van der Waals surface area contributed by atoms with Gasteiger partial charge in [-0.05, 0) is 55.4 Å². The van der Waals surface area contributed by atoms with Crippen molar-refractivity contribution in [3.8, 4) is 0 Å². The topological polar surface area (TPSA) is 0 Å². The number of rotatable bonds is 4. The van der Waals surface area contributed by atoms with Gasteiger partial charge in [0.25, 0.3) is 0 Å². The fourth-order valence-electron chi connectivity index (χ4n) is 6.03. The van der Waals surface area contributed by atoms with Crippen LogP contribution in [0.4, 0.5) is 0 Å². The van der Waals surface area contributed by atoms with Crippen molar-refractivity contribution in [2.24, 2.45) is 0 Å². The van der Waals surface area contributed by atoms with Crippen molar-refractivity contribution in [2.45, 2.75) is 93.0 Å². The Bertz CT molecular complexity index is 568. The van der Waals surface area contributed by atoms with Crippen molar-refractivity contribution in [3.05, 3.63) is 35.9 Å². The van der Waals surface area contributed by atoms with Crippen molar-refractivity contribution in [1.82, 2.24) is 0 Å². The molecule has 0 aliphatic heterocycles. The second kappa shape index (κ2) is 7.20. The monoisotopic (exact) mass is 362 g/mol. The lowest BCUT2D eigenvalue weighted by atomic mass is 10.2. The molecule has 0 spiro atoms. The predicted octanol–water partition coefficient (Wildman–Crippen LogP) is 7.25. The van der Waals surface area contributed by atoms with Gasteiger partial charge in [-0.2, -0.15) is 0 Å². The zero-order chi connectivity index (χ0) is 16.5. The first kappa shape index (κ1) is 17.2. The van der Waals surface area contributed by atoms with E-state index in [1.807, 2.05) is 0 Å². The Morgan fingerprint density at radius 2 is 1.29 bits per heavy atom. The maximum atomic E-state index is 7.62. The van der Waals surface area contributed by atoms with E-state index in [-0.39, 0.29) is 4.62 Å². The molecule has 3 saturated carbocycles. The zero-order valence-electron chi connectivity index (χ0n) is 14.9. The van der Waals surface area contributed by atoms with Gasteiger partial charge in [0.1, 0.15) is 0 Å². The SMILES string of the molecule is ClC1(P(=Cc2ccccc2)(C2CCCC2)C2CCCC2)CCCC1. The van der Waals surface area contributed by atoms with E-state index in [1.165, 1.54) is 82.6 Å². The molecule has 0 aromatic heterocycles. The lowest BCUT2D eigenvalue weighted by molar-refractivity contribution is 0.734. The van der Waals surface area contributed by atoms with Crippen LogP contribution in [0.15, 0.2) is 30.3 Å². The molecule has 0 atom stereocenters. The van der Waals surface area contributed by atoms with Gasteiger partial charge in [-0.25, -0.2) is 0 Å². The molecule has 2 heteroatoms. The van der Waals surface area contributed by atoms with Crippen LogP contribution in [-0.4, -0.2) is 21.7 Å². The Hall–Kier alpha value is -0.190. The molecule has 0 unspecified atom stereocenters. The summed E-state index contributed by atoms with van der Waals surface area (Å²) in [5, 5.41) is 0. The summed E-state index contributed by atoms with van der Waals surface area (Å²) in [6.45, 7) is -1.33. The van der Waals surface area contributed by atoms with Gasteiger partial charge in [-0.1, -0.05) is 81.5 Å². The van der Waals surface area contributed by atoms with Crippen LogP contribution in [0, 0.1) is 0 Å². The third-order valence-electron chi connectivity index (χ3n) is 7.08. The highest BCUT2D eigenvalue weighted by Crippen LogP contribution is 2.77. The minimum atomic E-state index is -1.33. The van der Waals surface area contributed by atoms with Gasteiger partial charge in [-0.15, -0.1) is 11.6 Å². The van der Waals surface area contributed by atoms with Gasteiger partial charge >= 0.3 is 0 Å². The van der Waals surface area contributed by atoms with Gasteiger partial charge in [0, 0.05) is 0 Å². The molecule has 3 fully saturated rings. The zero-order valence-corrected chi connectivity index (χ0v) is 16.6. The van der Waals surface area contributed by atoms with E-state index in [0.29, 0.717) is 0 Å². The van der Waals surface area contributed by atoms with E-state index in [4.69, 9.17) is 11.6 Å². The fraction of sp³-hybridized carbons (Fsp3) is 0.682. The van der Waals surface area contributed by atoms with Gasteiger partial charge in [0.05, 0.1) is 4.62 Å². The number of benzene rings is 1. The quantitative estimate of drug-likeness (QED) is 0.391. The van der Waals surface area contributed by atoms with Crippen LogP contribution < -0.4 is 0 Å². The molecule has 3 aliphatic rings. The molecule has 0 amide bonds. The maximum absolute atomic E-state index is 7.62. The molecule has 0 bridgehead atoms. The van der Waals surface area contributed by atoms with Crippen molar-refractivity contribution in [2.75, 3.05) is 0 Å². The van der Waals surface area contributed by atoms with E-state index in [2.05, 4.69) is 36.1 Å². The van der Waals surface area contributed by atoms with Crippen LogP contribution in [-0.2, 0) is 0 Å². The predicted molar refractivity (Wildman–Crippen MR) is 110 cm³/mol. The molecular weight excluding hydrogens is 331 g/mol. The van der Waals surface area contributed by atoms with Crippen LogP contribution >= 0.6 is 18.5 Å². The number of hydrogen-bond donors (Lipinski definition) is 0. The number of hydrogen-bond acceptors (Lipinski definition) is 0. The summed E-state index contributed by atoms with van der Waals surface area (Å²) in [4.78, 5) is 0. The normalized spacial score (nSPS) is 25.4. The first-order valence-corrected chi connectivity index (χ1v) is 12.6. The van der Waals surface area contributed by atoms with Crippen LogP contribution in [0.3, 0.4) is 0 Å². The minimum Gasteiger partial charge on any atom is -0.114 e. The lowest BCUT2D eigenvalue weighted by Crippen LogP contribution is -2.32. The first-order valence-electron chi connectivity index (χ1n) is 10.2. The highest BCUT2D eigenvalue weighted by Gasteiger charge is 2.52. The summed E-state index contributed by atoms with van der Waals surface area (Å²) in [5.41, 5.74) is 3.28. The standard InChI is InChI=1S/C22H32ClP/c23-22(16-8-9-17-22)24(20-12-4-5-13-20,21-14-6-7-15-21)18-19-10-2-1-3-11-19/h1-3,10-11,18,20-21H,4-9,12-17H2. The molecule has 0 N–H and O–H groups in total. The highest BCUT2D eigenvalue weighted by molar-refractivity contribution is 7.79. The smallest absolute Gasteiger partial charge is 0.0644 e.